The number of aromatic hydroxyl groups is 1. The van der Waals surface area contributed by atoms with Crippen LogP contribution >= 0.6 is 23.2 Å². The molecule has 0 heterocycles. The molecule has 2 aromatic rings. The van der Waals surface area contributed by atoms with Gasteiger partial charge in [-0.25, -0.2) is 0 Å². The molecule has 0 radical (unpaired) electrons. The van der Waals surface area contributed by atoms with Crippen LogP contribution in [0.15, 0.2) is 36.4 Å². The van der Waals surface area contributed by atoms with Crippen LogP contribution in [0.5, 0.6) is 5.75 Å². The average molecular weight is 499 g/mol. The van der Waals surface area contributed by atoms with Gasteiger partial charge in [0.25, 0.3) is 0 Å². The van der Waals surface area contributed by atoms with Gasteiger partial charge in [0, 0.05) is 28.8 Å². The van der Waals surface area contributed by atoms with Crippen LogP contribution in [0, 0.1) is 0 Å². The highest BCUT2D eigenvalue weighted by molar-refractivity contribution is 6.35. The van der Waals surface area contributed by atoms with Crippen LogP contribution in [0.2, 0.25) is 10.0 Å². The Morgan fingerprint density at radius 1 is 0.970 bits per heavy atom. The zero-order valence-corrected chi connectivity index (χ0v) is 20.1. The third-order valence-electron chi connectivity index (χ3n) is 5.03. The number of carbonyl (C=O) groups is 1. The normalized spacial score (nSPS) is 12.0. The van der Waals surface area contributed by atoms with E-state index in [1.54, 1.807) is 30.3 Å². The summed E-state index contributed by atoms with van der Waals surface area (Å²) in [6, 6.07) is 10.0. The molecule has 182 valence electrons. The summed E-state index contributed by atoms with van der Waals surface area (Å²) in [5.41, 5.74) is 1.70. The SMILES string of the molecule is O=CNc1cc([C@@H](O)CNCCCCCCOCCOCc2c(Cl)cccc2Cl)ccc1O. The molecule has 1 atom stereocenters. The number of aliphatic hydroxyl groups is 1. The second kappa shape index (κ2) is 15.9. The largest absolute Gasteiger partial charge is 0.506 e. The van der Waals surface area contributed by atoms with E-state index in [4.69, 9.17) is 32.7 Å². The number of anilines is 1. The molecule has 2 rings (SSSR count). The molecule has 0 unspecified atom stereocenters. The summed E-state index contributed by atoms with van der Waals surface area (Å²) in [5.74, 6) is -0.0375. The number of unbranched alkanes of at least 4 members (excludes halogenated alkanes) is 3. The predicted molar refractivity (Wildman–Crippen MR) is 131 cm³/mol. The number of carbonyl (C=O) groups excluding carboxylic acids is 1. The van der Waals surface area contributed by atoms with Crippen LogP contribution < -0.4 is 10.6 Å². The number of phenols is 1. The van der Waals surface area contributed by atoms with Crippen LogP contribution in [-0.2, 0) is 20.9 Å². The number of hydrogen-bond acceptors (Lipinski definition) is 6. The number of nitrogens with one attached hydrogen (secondary N) is 2. The van der Waals surface area contributed by atoms with Gasteiger partial charge in [0.05, 0.1) is 31.6 Å². The fourth-order valence-corrected chi connectivity index (χ4v) is 3.68. The first-order valence-electron chi connectivity index (χ1n) is 11.0. The molecule has 0 aliphatic heterocycles. The number of phenolic OH excluding ortho intramolecular Hbond substituents is 1. The fraction of sp³-hybridized carbons (Fsp3) is 0.458. The summed E-state index contributed by atoms with van der Waals surface area (Å²) >= 11 is 12.2. The van der Waals surface area contributed by atoms with Gasteiger partial charge < -0.3 is 30.3 Å². The van der Waals surface area contributed by atoms with Crippen molar-refractivity contribution in [1.82, 2.24) is 5.32 Å². The Bertz CT molecular complexity index is 833. The van der Waals surface area contributed by atoms with Gasteiger partial charge >= 0.3 is 0 Å². The van der Waals surface area contributed by atoms with Gasteiger partial charge in [-0.15, -0.1) is 0 Å². The summed E-state index contributed by atoms with van der Waals surface area (Å²) in [6.45, 7) is 3.28. The summed E-state index contributed by atoms with van der Waals surface area (Å²) in [5, 5.41) is 26.8. The van der Waals surface area contributed by atoms with E-state index < -0.39 is 6.10 Å². The van der Waals surface area contributed by atoms with E-state index in [1.807, 2.05) is 0 Å². The van der Waals surface area contributed by atoms with E-state index in [1.165, 1.54) is 6.07 Å². The molecule has 4 N–H and O–H groups in total. The number of aliphatic hydroxyl groups excluding tert-OH is 1. The molecular weight excluding hydrogens is 467 g/mol. The van der Waals surface area contributed by atoms with E-state index in [0.717, 1.165) is 37.8 Å². The third kappa shape index (κ3) is 10.3. The Morgan fingerprint density at radius 3 is 2.45 bits per heavy atom. The quantitative estimate of drug-likeness (QED) is 0.143. The van der Waals surface area contributed by atoms with Crippen molar-refractivity contribution in [2.45, 2.75) is 38.4 Å². The van der Waals surface area contributed by atoms with Crippen molar-refractivity contribution in [2.24, 2.45) is 0 Å². The number of halogens is 2. The Morgan fingerprint density at radius 2 is 1.70 bits per heavy atom. The van der Waals surface area contributed by atoms with Gasteiger partial charge in [-0.3, -0.25) is 4.79 Å². The van der Waals surface area contributed by atoms with Gasteiger partial charge in [0.15, 0.2) is 0 Å². The minimum atomic E-state index is -0.720. The van der Waals surface area contributed by atoms with Crippen LogP contribution in [0.25, 0.3) is 0 Å². The maximum atomic E-state index is 10.6. The molecule has 0 saturated heterocycles. The van der Waals surface area contributed by atoms with Crippen molar-refractivity contribution in [2.75, 3.05) is 38.2 Å². The van der Waals surface area contributed by atoms with Crippen molar-refractivity contribution in [3.8, 4) is 5.75 Å². The Labute approximate surface area is 205 Å². The van der Waals surface area contributed by atoms with Crippen molar-refractivity contribution < 1.29 is 24.5 Å². The lowest BCUT2D eigenvalue weighted by Gasteiger charge is -2.14. The summed E-state index contributed by atoms with van der Waals surface area (Å²) in [6.07, 6.45) is 3.89. The molecule has 33 heavy (non-hydrogen) atoms. The molecule has 1 amide bonds. The maximum absolute atomic E-state index is 10.6. The second-order valence-corrected chi connectivity index (χ2v) is 8.35. The zero-order valence-electron chi connectivity index (χ0n) is 18.6. The molecule has 0 fully saturated rings. The second-order valence-electron chi connectivity index (χ2n) is 7.54. The first kappa shape index (κ1) is 27.4. The molecule has 2 aromatic carbocycles. The van der Waals surface area contributed by atoms with Crippen molar-refractivity contribution in [3.63, 3.8) is 0 Å². The van der Waals surface area contributed by atoms with Gasteiger partial charge in [-0.05, 0) is 49.2 Å². The van der Waals surface area contributed by atoms with E-state index in [2.05, 4.69) is 10.6 Å². The number of hydrogen-bond donors (Lipinski definition) is 4. The van der Waals surface area contributed by atoms with Gasteiger partial charge in [-0.1, -0.05) is 48.2 Å². The highest BCUT2D eigenvalue weighted by Crippen LogP contribution is 2.26. The lowest BCUT2D eigenvalue weighted by Crippen LogP contribution is -2.22. The molecule has 0 aromatic heterocycles. The van der Waals surface area contributed by atoms with E-state index in [9.17, 15) is 15.0 Å². The number of benzene rings is 2. The van der Waals surface area contributed by atoms with Crippen LogP contribution in [0.1, 0.15) is 42.9 Å². The zero-order chi connectivity index (χ0) is 23.9. The smallest absolute Gasteiger partial charge is 0.211 e. The van der Waals surface area contributed by atoms with E-state index in [-0.39, 0.29) is 11.4 Å². The van der Waals surface area contributed by atoms with Crippen LogP contribution in [-0.4, -0.2) is 49.5 Å². The van der Waals surface area contributed by atoms with Crippen molar-refractivity contribution >= 4 is 35.3 Å². The van der Waals surface area contributed by atoms with E-state index >= 15 is 0 Å². The summed E-state index contributed by atoms with van der Waals surface area (Å²) < 4.78 is 11.2. The summed E-state index contributed by atoms with van der Waals surface area (Å²) in [7, 11) is 0. The molecule has 0 saturated carbocycles. The van der Waals surface area contributed by atoms with Gasteiger partial charge in [0.2, 0.25) is 6.41 Å². The Hall–Kier alpha value is -1.87. The minimum Gasteiger partial charge on any atom is -0.506 e. The molecule has 7 nitrogen and oxygen atoms in total. The predicted octanol–water partition coefficient (Wildman–Crippen LogP) is 4.68. The molecule has 0 aliphatic rings. The lowest BCUT2D eigenvalue weighted by molar-refractivity contribution is -0.105. The molecule has 9 heteroatoms. The first-order chi connectivity index (χ1) is 16.0. The topological polar surface area (TPSA) is 100 Å². The van der Waals surface area contributed by atoms with Gasteiger partial charge in [0.1, 0.15) is 5.75 Å². The monoisotopic (exact) mass is 498 g/mol. The van der Waals surface area contributed by atoms with Crippen molar-refractivity contribution in [1.29, 1.82) is 0 Å². The molecular formula is C24H32Cl2N2O5. The van der Waals surface area contributed by atoms with Crippen LogP contribution in [0.4, 0.5) is 5.69 Å². The number of amides is 1. The average Bonchev–Trinajstić information content (AvgIpc) is 2.80. The number of ether oxygens (including phenoxy) is 2. The standard InChI is InChI=1S/C24H32Cl2N2O5/c25-20-6-5-7-21(26)19(20)16-33-13-12-32-11-4-2-1-3-10-27-15-24(31)18-8-9-23(30)22(14-18)28-17-29/h5-9,14,17,24,27,30-31H,1-4,10-13,15-16H2,(H,28,29)/t24-/m0/s1. The highest BCUT2D eigenvalue weighted by Gasteiger charge is 2.10. The van der Waals surface area contributed by atoms with Gasteiger partial charge in [-0.2, -0.15) is 0 Å². The summed E-state index contributed by atoms with van der Waals surface area (Å²) in [4.78, 5) is 10.6. The first-order valence-corrected chi connectivity index (χ1v) is 11.8. The highest BCUT2D eigenvalue weighted by atomic mass is 35.5. The van der Waals surface area contributed by atoms with Crippen molar-refractivity contribution in [3.05, 3.63) is 57.6 Å². The Kier molecular flexibility index (Phi) is 13.2. The molecule has 0 spiro atoms. The maximum Gasteiger partial charge on any atom is 0.211 e. The number of rotatable bonds is 17. The van der Waals surface area contributed by atoms with E-state index in [0.29, 0.717) is 55.0 Å². The molecule has 0 aliphatic carbocycles. The lowest BCUT2D eigenvalue weighted by atomic mass is 10.1. The third-order valence-corrected chi connectivity index (χ3v) is 5.74. The molecule has 0 bridgehead atoms. The fourth-order valence-electron chi connectivity index (χ4n) is 3.17. The van der Waals surface area contributed by atoms with Crippen LogP contribution in [0.3, 0.4) is 0 Å². The minimum absolute atomic E-state index is 0.0375. The Balaban J connectivity index is 1.43.